The molecule has 2 aliphatic rings. The van der Waals surface area contributed by atoms with Crippen molar-refractivity contribution in [1.29, 1.82) is 0 Å². The minimum atomic E-state index is -0.657. The molecule has 32 heavy (non-hydrogen) atoms. The summed E-state index contributed by atoms with van der Waals surface area (Å²) in [6.45, 7) is 3.99. The molecule has 0 radical (unpaired) electrons. The number of morpholine rings is 1. The van der Waals surface area contributed by atoms with E-state index in [1.165, 1.54) is 0 Å². The Morgan fingerprint density at radius 2 is 1.75 bits per heavy atom. The van der Waals surface area contributed by atoms with Gasteiger partial charge in [-0.3, -0.25) is 0 Å². The molecule has 2 aliphatic heterocycles. The molecule has 5 rings (SSSR count). The molecule has 0 spiro atoms. The molecule has 166 valence electrons. The molecule has 1 aromatic carbocycles. The number of anilines is 3. The van der Waals surface area contributed by atoms with E-state index in [4.69, 9.17) is 21.3 Å². The molecule has 0 amide bonds. The molecular formula is C21H20ClF2N7O. The lowest BCUT2D eigenvalue weighted by molar-refractivity contribution is 0.122. The summed E-state index contributed by atoms with van der Waals surface area (Å²) in [6, 6.07) is 2.10. The number of hydrogen-bond donors (Lipinski definition) is 1. The summed E-state index contributed by atoms with van der Waals surface area (Å²) in [6.07, 6.45) is 5.05. The van der Waals surface area contributed by atoms with Gasteiger partial charge in [-0.05, 0) is 12.1 Å². The summed E-state index contributed by atoms with van der Waals surface area (Å²) in [7, 11) is 0. The van der Waals surface area contributed by atoms with Gasteiger partial charge < -0.3 is 19.9 Å². The van der Waals surface area contributed by atoms with Gasteiger partial charge in [-0.1, -0.05) is 11.6 Å². The highest BCUT2D eigenvalue weighted by Crippen LogP contribution is 2.31. The summed E-state index contributed by atoms with van der Waals surface area (Å²) >= 11 is 6.03. The van der Waals surface area contributed by atoms with E-state index < -0.39 is 11.6 Å². The van der Waals surface area contributed by atoms with Crippen molar-refractivity contribution < 1.29 is 13.5 Å². The van der Waals surface area contributed by atoms with Crippen LogP contribution in [0, 0.1) is 11.6 Å². The van der Waals surface area contributed by atoms with Gasteiger partial charge in [-0.25, -0.2) is 28.7 Å². The zero-order valence-corrected chi connectivity index (χ0v) is 17.8. The average Bonchev–Trinajstić information content (AvgIpc) is 2.85. The molecule has 1 fully saturated rings. The highest BCUT2D eigenvalue weighted by Gasteiger charge is 2.24. The number of hydrogen-bond acceptors (Lipinski definition) is 8. The third-order valence-corrected chi connectivity index (χ3v) is 5.85. The first-order valence-corrected chi connectivity index (χ1v) is 10.6. The van der Waals surface area contributed by atoms with Crippen molar-refractivity contribution in [1.82, 2.24) is 19.9 Å². The zero-order valence-electron chi connectivity index (χ0n) is 17.1. The molecule has 4 heterocycles. The molecule has 0 atom stereocenters. The molecule has 0 aliphatic carbocycles. The topological polar surface area (TPSA) is 79.3 Å². The van der Waals surface area contributed by atoms with Gasteiger partial charge in [-0.15, -0.1) is 0 Å². The van der Waals surface area contributed by atoms with Crippen LogP contribution < -0.4 is 15.1 Å². The van der Waals surface area contributed by atoms with Gasteiger partial charge in [0, 0.05) is 56.2 Å². The quantitative estimate of drug-likeness (QED) is 0.596. The molecule has 0 bridgehead atoms. The van der Waals surface area contributed by atoms with Gasteiger partial charge in [0.15, 0.2) is 11.6 Å². The number of ether oxygens (including phenoxy) is 1. The summed E-state index contributed by atoms with van der Waals surface area (Å²) in [5, 5.41) is 2.96. The Morgan fingerprint density at radius 1 is 1.00 bits per heavy atom. The van der Waals surface area contributed by atoms with E-state index in [9.17, 15) is 8.78 Å². The van der Waals surface area contributed by atoms with Crippen molar-refractivity contribution in [2.75, 3.05) is 54.5 Å². The fourth-order valence-electron chi connectivity index (χ4n) is 3.72. The normalized spacial score (nSPS) is 16.0. The van der Waals surface area contributed by atoms with Crippen molar-refractivity contribution in [3.63, 3.8) is 0 Å². The monoisotopic (exact) mass is 459 g/mol. The van der Waals surface area contributed by atoms with E-state index >= 15 is 0 Å². The molecule has 0 unspecified atom stereocenters. The van der Waals surface area contributed by atoms with Crippen LogP contribution in [0.1, 0.15) is 5.56 Å². The van der Waals surface area contributed by atoms with E-state index in [1.54, 1.807) is 18.6 Å². The number of benzene rings is 1. The summed E-state index contributed by atoms with van der Waals surface area (Å²) < 4.78 is 33.6. The number of rotatable bonds is 4. The first-order valence-electron chi connectivity index (χ1n) is 10.2. The minimum absolute atomic E-state index is 0.0711. The number of halogens is 3. The van der Waals surface area contributed by atoms with Crippen LogP contribution >= 0.6 is 11.6 Å². The first-order chi connectivity index (χ1) is 15.6. The fraction of sp³-hybridized carbons (Fsp3) is 0.333. The Bertz CT molecular complexity index is 1130. The predicted molar refractivity (Wildman–Crippen MR) is 117 cm³/mol. The second-order valence-corrected chi connectivity index (χ2v) is 7.85. The van der Waals surface area contributed by atoms with Crippen LogP contribution in [0.4, 0.5) is 26.4 Å². The van der Waals surface area contributed by atoms with Gasteiger partial charge >= 0.3 is 0 Å². The Morgan fingerprint density at radius 3 is 2.53 bits per heavy atom. The Labute approximate surface area is 188 Å². The van der Waals surface area contributed by atoms with Crippen LogP contribution in [0.2, 0.25) is 5.02 Å². The molecule has 3 aromatic rings. The summed E-state index contributed by atoms with van der Waals surface area (Å²) in [5.41, 5.74) is 1.37. The van der Waals surface area contributed by atoms with Crippen LogP contribution in [0.5, 0.6) is 0 Å². The van der Waals surface area contributed by atoms with Gasteiger partial charge in [0.25, 0.3) is 0 Å². The van der Waals surface area contributed by atoms with Crippen molar-refractivity contribution in [3.8, 4) is 11.3 Å². The third-order valence-electron chi connectivity index (χ3n) is 5.44. The first kappa shape index (κ1) is 20.8. The second-order valence-electron chi connectivity index (χ2n) is 7.47. The van der Waals surface area contributed by atoms with Crippen molar-refractivity contribution in [2.45, 2.75) is 6.54 Å². The van der Waals surface area contributed by atoms with Crippen LogP contribution in [-0.4, -0.2) is 59.3 Å². The lowest BCUT2D eigenvalue weighted by atomic mass is 10.1. The maximum absolute atomic E-state index is 14.3. The Balaban J connectivity index is 1.42. The highest BCUT2D eigenvalue weighted by molar-refractivity contribution is 6.31. The molecule has 1 saturated heterocycles. The molecule has 11 heteroatoms. The Kier molecular flexibility index (Phi) is 5.71. The largest absolute Gasteiger partial charge is 0.378 e. The van der Waals surface area contributed by atoms with E-state index in [0.29, 0.717) is 55.1 Å². The lowest BCUT2D eigenvalue weighted by Gasteiger charge is -2.30. The molecule has 2 aromatic heterocycles. The Hall–Kier alpha value is -3.11. The highest BCUT2D eigenvalue weighted by atomic mass is 35.5. The van der Waals surface area contributed by atoms with Crippen molar-refractivity contribution >= 4 is 29.2 Å². The van der Waals surface area contributed by atoms with Crippen LogP contribution in [0.15, 0.2) is 30.7 Å². The minimum Gasteiger partial charge on any atom is -0.378 e. The van der Waals surface area contributed by atoms with Gasteiger partial charge in [0.2, 0.25) is 5.95 Å². The second kappa shape index (κ2) is 8.79. The van der Waals surface area contributed by atoms with E-state index in [1.807, 2.05) is 4.90 Å². The van der Waals surface area contributed by atoms with Gasteiger partial charge in [0.1, 0.15) is 11.6 Å². The number of nitrogens with zero attached hydrogens (tertiary/aromatic N) is 6. The molecular weight excluding hydrogens is 440 g/mol. The maximum atomic E-state index is 14.3. The number of aromatic nitrogens is 4. The van der Waals surface area contributed by atoms with Gasteiger partial charge in [0.05, 0.1) is 30.1 Å². The summed E-state index contributed by atoms with van der Waals surface area (Å²) in [4.78, 5) is 22.0. The fourth-order valence-corrected chi connectivity index (χ4v) is 3.93. The van der Waals surface area contributed by atoms with E-state index in [-0.39, 0.29) is 17.1 Å². The molecule has 0 saturated carbocycles. The number of fused-ring (bicyclic) bond motifs is 1. The third kappa shape index (κ3) is 4.03. The van der Waals surface area contributed by atoms with Crippen LogP contribution in [0.3, 0.4) is 0 Å². The van der Waals surface area contributed by atoms with Crippen molar-refractivity contribution in [2.24, 2.45) is 0 Å². The molecule has 8 nitrogen and oxygen atoms in total. The lowest BCUT2D eigenvalue weighted by Crippen LogP contribution is -2.37. The van der Waals surface area contributed by atoms with Crippen LogP contribution in [-0.2, 0) is 11.3 Å². The number of nitrogens with one attached hydrogen (secondary N) is 1. The van der Waals surface area contributed by atoms with Gasteiger partial charge in [-0.2, -0.15) is 0 Å². The average molecular weight is 460 g/mol. The maximum Gasteiger partial charge on any atom is 0.225 e. The predicted octanol–water partition coefficient (Wildman–Crippen LogP) is 3.13. The SMILES string of the molecule is Fc1ccc(F)c(CN2CCNc3ncc(-c4cnc(N5CCOCC5)nc4)nc32)c1Cl. The van der Waals surface area contributed by atoms with E-state index in [0.717, 1.165) is 25.2 Å². The van der Waals surface area contributed by atoms with E-state index in [2.05, 4.69) is 25.2 Å². The van der Waals surface area contributed by atoms with Crippen LogP contribution in [0.25, 0.3) is 11.3 Å². The smallest absolute Gasteiger partial charge is 0.225 e. The standard InChI is InChI=1S/C21H20ClF2N7O/c22-18-14(15(23)1-2-16(18)24)12-31-4-3-25-19-20(31)29-17(11-26-19)13-9-27-21(28-10-13)30-5-7-32-8-6-30/h1-2,9-11H,3-8,12H2,(H,25,26). The summed E-state index contributed by atoms with van der Waals surface area (Å²) in [5.74, 6) is 0.524. The zero-order chi connectivity index (χ0) is 22.1. The van der Waals surface area contributed by atoms with Crippen molar-refractivity contribution in [3.05, 3.63) is 52.9 Å². The molecule has 1 N–H and O–H groups in total.